The summed E-state index contributed by atoms with van der Waals surface area (Å²) in [7, 11) is 0. The molecule has 2 N–H and O–H groups in total. The maximum atomic E-state index is 13.0. The fourth-order valence-corrected chi connectivity index (χ4v) is 1.84. The standard InChI is InChI=1S/C13H16F2N2O3/c1-3-17(8(2)4-12(18)19)13(20)16-11-6-9(14)5-10(15)7-11/h5-8H,3-4H2,1-2H3,(H,16,20)(H,18,19). The first kappa shape index (κ1) is 15.9. The molecule has 0 aliphatic heterocycles. The molecule has 0 radical (unpaired) electrons. The SMILES string of the molecule is CCN(C(=O)Nc1cc(F)cc(F)c1)C(C)CC(=O)O. The Morgan fingerprint density at radius 3 is 2.30 bits per heavy atom. The highest BCUT2D eigenvalue weighted by Gasteiger charge is 2.21. The van der Waals surface area contributed by atoms with Gasteiger partial charge in [0, 0.05) is 24.3 Å². The number of nitrogens with zero attached hydrogens (tertiary/aromatic N) is 1. The fourth-order valence-electron chi connectivity index (χ4n) is 1.84. The zero-order valence-corrected chi connectivity index (χ0v) is 11.2. The average Bonchev–Trinajstić information content (AvgIpc) is 2.26. The number of aliphatic carboxylic acids is 1. The summed E-state index contributed by atoms with van der Waals surface area (Å²) >= 11 is 0. The molecular formula is C13H16F2N2O3. The van der Waals surface area contributed by atoms with Crippen molar-refractivity contribution in [2.24, 2.45) is 0 Å². The fraction of sp³-hybridized carbons (Fsp3) is 0.385. The molecule has 0 spiro atoms. The van der Waals surface area contributed by atoms with Gasteiger partial charge in [0.2, 0.25) is 0 Å². The zero-order chi connectivity index (χ0) is 15.3. The molecule has 5 nitrogen and oxygen atoms in total. The van der Waals surface area contributed by atoms with E-state index in [1.807, 2.05) is 0 Å². The number of hydrogen-bond donors (Lipinski definition) is 2. The third kappa shape index (κ3) is 4.49. The lowest BCUT2D eigenvalue weighted by atomic mass is 10.2. The van der Waals surface area contributed by atoms with E-state index in [9.17, 15) is 18.4 Å². The summed E-state index contributed by atoms with van der Waals surface area (Å²) in [6.07, 6.45) is -0.210. The smallest absolute Gasteiger partial charge is 0.322 e. The summed E-state index contributed by atoms with van der Waals surface area (Å²) in [5, 5.41) is 11.1. The molecule has 7 heteroatoms. The molecule has 0 aromatic heterocycles. The number of benzene rings is 1. The van der Waals surface area contributed by atoms with E-state index < -0.39 is 29.7 Å². The molecule has 1 rings (SSSR count). The number of carboxylic acids is 1. The maximum Gasteiger partial charge on any atom is 0.322 e. The van der Waals surface area contributed by atoms with Crippen molar-refractivity contribution >= 4 is 17.7 Å². The average molecular weight is 286 g/mol. The summed E-state index contributed by atoms with van der Waals surface area (Å²) in [5.41, 5.74) is -0.0199. The van der Waals surface area contributed by atoms with Crippen LogP contribution < -0.4 is 5.32 Å². The minimum atomic E-state index is -1.03. The Labute approximate surface area is 115 Å². The summed E-state index contributed by atoms with van der Waals surface area (Å²) < 4.78 is 26.0. The van der Waals surface area contributed by atoms with E-state index in [1.54, 1.807) is 13.8 Å². The van der Waals surface area contributed by atoms with Crippen LogP contribution in [0, 0.1) is 11.6 Å². The molecule has 1 atom stereocenters. The van der Waals surface area contributed by atoms with Crippen LogP contribution in [0.25, 0.3) is 0 Å². The number of nitrogens with one attached hydrogen (secondary N) is 1. The van der Waals surface area contributed by atoms with E-state index >= 15 is 0 Å². The van der Waals surface area contributed by atoms with Crippen LogP contribution in [0.4, 0.5) is 19.3 Å². The van der Waals surface area contributed by atoms with Crippen LogP contribution in [0.2, 0.25) is 0 Å². The van der Waals surface area contributed by atoms with Crippen molar-refractivity contribution in [1.29, 1.82) is 0 Å². The number of rotatable bonds is 5. The van der Waals surface area contributed by atoms with Crippen LogP contribution in [0.5, 0.6) is 0 Å². The molecule has 20 heavy (non-hydrogen) atoms. The summed E-state index contributed by atoms with van der Waals surface area (Å²) in [5.74, 6) is -2.63. The van der Waals surface area contributed by atoms with Gasteiger partial charge in [-0.25, -0.2) is 13.6 Å². The summed E-state index contributed by atoms with van der Waals surface area (Å²) in [6.45, 7) is 3.55. The van der Waals surface area contributed by atoms with Gasteiger partial charge in [0.25, 0.3) is 0 Å². The van der Waals surface area contributed by atoms with Crippen molar-refractivity contribution in [1.82, 2.24) is 4.90 Å². The Hall–Kier alpha value is -2.18. The molecule has 0 saturated heterocycles. The van der Waals surface area contributed by atoms with Gasteiger partial charge in [0.05, 0.1) is 6.42 Å². The first-order valence-electron chi connectivity index (χ1n) is 6.09. The molecule has 0 aliphatic rings. The lowest BCUT2D eigenvalue weighted by Gasteiger charge is -2.27. The topological polar surface area (TPSA) is 69.6 Å². The Bertz CT molecular complexity index is 488. The lowest BCUT2D eigenvalue weighted by molar-refractivity contribution is -0.137. The first-order chi connectivity index (χ1) is 9.33. The van der Waals surface area contributed by atoms with E-state index in [-0.39, 0.29) is 18.7 Å². The van der Waals surface area contributed by atoms with Crippen molar-refractivity contribution in [2.75, 3.05) is 11.9 Å². The van der Waals surface area contributed by atoms with Gasteiger partial charge in [-0.3, -0.25) is 4.79 Å². The monoisotopic (exact) mass is 286 g/mol. The first-order valence-corrected chi connectivity index (χ1v) is 6.09. The summed E-state index contributed by atoms with van der Waals surface area (Å²) in [6, 6.07) is 1.52. The molecule has 0 heterocycles. The Morgan fingerprint density at radius 2 is 1.85 bits per heavy atom. The van der Waals surface area contributed by atoms with Crippen molar-refractivity contribution < 1.29 is 23.5 Å². The zero-order valence-electron chi connectivity index (χ0n) is 11.2. The van der Waals surface area contributed by atoms with Crippen LogP contribution >= 0.6 is 0 Å². The number of carbonyl (C=O) groups excluding carboxylic acids is 1. The lowest BCUT2D eigenvalue weighted by Crippen LogP contribution is -2.42. The molecule has 110 valence electrons. The number of halogens is 2. The molecule has 1 unspecified atom stereocenters. The van der Waals surface area contributed by atoms with Crippen molar-refractivity contribution in [3.63, 3.8) is 0 Å². The van der Waals surface area contributed by atoms with Crippen LogP contribution in [-0.2, 0) is 4.79 Å². The van der Waals surface area contributed by atoms with Gasteiger partial charge in [-0.05, 0) is 26.0 Å². The third-order valence-corrected chi connectivity index (χ3v) is 2.72. The van der Waals surface area contributed by atoms with Crippen LogP contribution in [-0.4, -0.2) is 34.6 Å². The second-order valence-corrected chi connectivity index (χ2v) is 4.32. The second kappa shape index (κ2) is 6.83. The Kier molecular flexibility index (Phi) is 5.42. The van der Waals surface area contributed by atoms with E-state index in [0.29, 0.717) is 6.07 Å². The van der Waals surface area contributed by atoms with Crippen molar-refractivity contribution in [2.45, 2.75) is 26.3 Å². The van der Waals surface area contributed by atoms with Crippen molar-refractivity contribution in [3.05, 3.63) is 29.8 Å². The predicted octanol–water partition coefficient (Wildman–Crippen LogP) is 2.68. The molecule has 0 bridgehead atoms. The highest BCUT2D eigenvalue weighted by atomic mass is 19.1. The minimum absolute atomic E-state index is 0.0199. The Morgan fingerprint density at radius 1 is 1.30 bits per heavy atom. The molecule has 2 amide bonds. The molecule has 0 saturated carbocycles. The van der Waals surface area contributed by atoms with Crippen LogP contribution in [0.15, 0.2) is 18.2 Å². The van der Waals surface area contributed by atoms with Gasteiger partial charge in [-0.15, -0.1) is 0 Å². The van der Waals surface area contributed by atoms with Crippen molar-refractivity contribution in [3.8, 4) is 0 Å². The molecular weight excluding hydrogens is 270 g/mol. The molecule has 1 aromatic rings. The minimum Gasteiger partial charge on any atom is -0.481 e. The number of hydrogen-bond acceptors (Lipinski definition) is 2. The Balaban J connectivity index is 2.79. The van der Waals surface area contributed by atoms with Gasteiger partial charge in [0.1, 0.15) is 11.6 Å². The number of carbonyl (C=O) groups is 2. The van der Waals surface area contributed by atoms with Crippen LogP contribution in [0.1, 0.15) is 20.3 Å². The quantitative estimate of drug-likeness (QED) is 0.874. The van der Waals surface area contributed by atoms with E-state index in [1.165, 1.54) is 4.90 Å². The van der Waals surface area contributed by atoms with E-state index in [0.717, 1.165) is 12.1 Å². The largest absolute Gasteiger partial charge is 0.481 e. The van der Waals surface area contributed by atoms with Gasteiger partial charge >= 0.3 is 12.0 Å². The highest BCUT2D eigenvalue weighted by molar-refractivity contribution is 5.89. The van der Waals surface area contributed by atoms with Gasteiger partial charge in [0.15, 0.2) is 0 Å². The summed E-state index contributed by atoms with van der Waals surface area (Å²) in [4.78, 5) is 23.9. The highest BCUT2D eigenvalue weighted by Crippen LogP contribution is 2.14. The number of amides is 2. The number of carboxylic acid groups (broad SMARTS) is 1. The van der Waals surface area contributed by atoms with Gasteiger partial charge in [-0.2, -0.15) is 0 Å². The third-order valence-electron chi connectivity index (χ3n) is 2.72. The molecule has 0 fully saturated rings. The number of urea groups is 1. The number of anilines is 1. The second-order valence-electron chi connectivity index (χ2n) is 4.32. The van der Waals surface area contributed by atoms with Crippen LogP contribution in [0.3, 0.4) is 0 Å². The molecule has 1 aromatic carbocycles. The maximum absolute atomic E-state index is 13.0. The van der Waals surface area contributed by atoms with E-state index in [2.05, 4.69) is 5.32 Å². The van der Waals surface area contributed by atoms with Gasteiger partial charge < -0.3 is 15.3 Å². The van der Waals surface area contributed by atoms with E-state index in [4.69, 9.17) is 5.11 Å². The van der Waals surface area contributed by atoms with Gasteiger partial charge in [-0.1, -0.05) is 0 Å². The molecule has 0 aliphatic carbocycles. The predicted molar refractivity (Wildman–Crippen MR) is 69.5 cm³/mol. The normalized spacial score (nSPS) is 11.8.